The number of nitrogens with zero attached hydrogens (tertiary/aromatic N) is 4. The van der Waals surface area contributed by atoms with Crippen molar-refractivity contribution in [1.82, 2.24) is 25.7 Å². The van der Waals surface area contributed by atoms with Gasteiger partial charge in [0.15, 0.2) is 5.13 Å². The molecule has 0 unspecified atom stereocenters. The van der Waals surface area contributed by atoms with Crippen molar-refractivity contribution >= 4 is 34.4 Å². The Kier molecular flexibility index (Phi) is 8.40. The van der Waals surface area contributed by atoms with Gasteiger partial charge in [-0.2, -0.15) is 0 Å². The molecule has 2 fully saturated rings. The van der Waals surface area contributed by atoms with Crippen LogP contribution in [0.5, 0.6) is 0 Å². The van der Waals surface area contributed by atoms with Crippen LogP contribution in [0.25, 0.3) is 0 Å². The molecule has 194 valence electrons. The highest BCUT2D eigenvalue weighted by Gasteiger charge is 2.35. The Morgan fingerprint density at radius 3 is 2.61 bits per heavy atom. The van der Waals surface area contributed by atoms with Gasteiger partial charge in [-0.1, -0.05) is 19.9 Å². The van der Waals surface area contributed by atoms with Gasteiger partial charge >= 0.3 is 6.09 Å². The lowest BCUT2D eigenvalue weighted by Crippen LogP contribution is -2.53. The monoisotopic (exact) mass is 514 g/mol. The summed E-state index contributed by atoms with van der Waals surface area (Å²) in [6, 6.07) is 3.26. The number of hydrogen-bond acceptors (Lipinski definition) is 8. The molecule has 2 N–H and O–H groups in total. The zero-order chi connectivity index (χ0) is 25.7. The number of aromatic nitrogens is 2. The fraction of sp³-hybridized carbons (Fsp3) is 0.560. The van der Waals surface area contributed by atoms with Gasteiger partial charge in [-0.3, -0.25) is 30.3 Å². The topological polar surface area (TPSA) is 117 Å². The van der Waals surface area contributed by atoms with E-state index in [4.69, 9.17) is 4.74 Å². The van der Waals surface area contributed by atoms with Crippen LogP contribution in [0.4, 0.5) is 9.93 Å². The lowest BCUT2D eigenvalue weighted by atomic mass is 10.0. The van der Waals surface area contributed by atoms with Crippen molar-refractivity contribution in [2.75, 3.05) is 18.5 Å². The van der Waals surface area contributed by atoms with Gasteiger partial charge in [-0.05, 0) is 50.0 Å². The lowest BCUT2D eigenvalue weighted by molar-refractivity contribution is -0.127. The van der Waals surface area contributed by atoms with Crippen LogP contribution in [-0.4, -0.2) is 58.5 Å². The Morgan fingerprint density at radius 1 is 1.19 bits per heavy atom. The fourth-order valence-corrected chi connectivity index (χ4v) is 4.75. The highest BCUT2D eigenvalue weighted by Crippen LogP contribution is 2.38. The Bertz CT molecular complexity index is 1050. The largest absolute Gasteiger partial charge is 0.444 e. The number of carbonyl (C=O) groups excluding carboxylic acids is 3. The van der Waals surface area contributed by atoms with Gasteiger partial charge in [0.25, 0.3) is 11.8 Å². The quantitative estimate of drug-likeness (QED) is 0.442. The molecule has 36 heavy (non-hydrogen) atoms. The van der Waals surface area contributed by atoms with E-state index in [2.05, 4.69) is 25.7 Å². The summed E-state index contributed by atoms with van der Waals surface area (Å²) in [5.74, 6) is -0.122. The highest BCUT2D eigenvalue weighted by molar-refractivity contribution is 7.14. The lowest BCUT2D eigenvalue weighted by Gasteiger charge is -2.27. The molecule has 0 spiro atoms. The van der Waals surface area contributed by atoms with Crippen molar-refractivity contribution in [3.63, 3.8) is 0 Å². The van der Waals surface area contributed by atoms with Gasteiger partial charge in [0.05, 0.1) is 0 Å². The van der Waals surface area contributed by atoms with E-state index in [9.17, 15) is 14.4 Å². The minimum absolute atomic E-state index is 0.0501. The summed E-state index contributed by atoms with van der Waals surface area (Å²) in [5.41, 5.74) is 5.93. The van der Waals surface area contributed by atoms with Gasteiger partial charge in [-0.15, -0.1) is 11.3 Å². The summed E-state index contributed by atoms with van der Waals surface area (Å²) >= 11 is 1.45. The Balaban J connectivity index is 1.31. The molecule has 2 aromatic heterocycles. The molecule has 2 heterocycles. The van der Waals surface area contributed by atoms with Crippen LogP contribution in [0.15, 0.2) is 29.9 Å². The number of carbonyl (C=O) groups is 3. The maximum atomic E-state index is 13.0. The van der Waals surface area contributed by atoms with Crippen LogP contribution < -0.4 is 15.8 Å². The number of nitrogens with one attached hydrogen (secondary N) is 2. The predicted octanol–water partition coefficient (Wildman–Crippen LogP) is 3.36. The predicted molar refractivity (Wildman–Crippen MR) is 136 cm³/mol. The van der Waals surface area contributed by atoms with Crippen LogP contribution in [-0.2, 0) is 16.1 Å². The van der Waals surface area contributed by atoms with E-state index in [0.717, 1.165) is 23.2 Å². The molecule has 11 heteroatoms. The average Bonchev–Trinajstić information content (AvgIpc) is 3.81. The first-order chi connectivity index (χ1) is 17.3. The van der Waals surface area contributed by atoms with Crippen molar-refractivity contribution in [2.24, 2.45) is 11.8 Å². The summed E-state index contributed by atoms with van der Waals surface area (Å²) < 4.78 is 5.35. The minimum Gasteiger partial charge on any atom is -0.444 e. The zero-order valence-corrected chi connectivity index (χ0v) is 21.8. The van der Waals surface area contributed by atoms with Crippen LogP contribution in [0.1, 0.15) is 62.0 Å². The van der Waals surface area contributed by atoms with Crippen LogP contribution in [0.2, 0.25) is 0 Å². The van der Waals surface area contributed by atoms with E-state index in [0.29, 0.717) is 12.5 Å². The standard InChI is InChI=1S/C25H34N6O4S/c1-16(2)11-21(30(3)25(34)35-14-18-5-4-10-26-12-18)23(33)29-28-22(32)20-15-36-24(27-20)31(19-8-9-19)13-17-6-7-17/h4-5,10,12,15-17,19,21H,6-9,11,13-14H2,1-3H3,(H,28,32)(H,29,33)/t21-/m0/s1. The highest BCUT2D eigenvalue weighted by atomic mass is 32.1. The van der Waals surface area contributed by atoms with Crippen molar-refractivity contribution in [3.05, 3.63) is 41.2 Å². The Labute approximate surface area is 215 Å². The van der Waals surface area contributed by atoms with Crippen molar-refractivity contribution < 1.29 is 19.1 Å². The summed E-state index contributed by atoms with van der Waals surface area (Å²) in [5, 5.41) is 2.57. The second-order valence-electron chi connectivity index (χ2n) is 9.96. The number of hydrazine groups is 1. The number of rotatable bonds is 11. The third kappa shape index (κ3) is 7.16. The first-order valence-corrected chi connectivity index (χ1v) is 13.3. The van der Waals surface area contributed by atoms with E-state index < -0.39 is 23.9 Å². The molecular formula is C25H34N6O4S. The van der Waals surface area contributed by atoms with Gasteiger partial charge in [0, 0.05) is 43.0 Å². The number of anilines is 1. The smallest absolute Gasteiger partial charge is 0.410 e. The molecule has 2 aliphatic rings. The van der Waals surface area contributed by atoms with Gasteiger partial charge < -0.3 is 9.64 Å². The fourth-order valence-electron chi connectivity index (χ4n) is 3.86. The maximum Gasteiger partial charge on any atom is 0.410 e. The number of ether oxygens (including phenoxy) is 1. The molecule has 2 saturated carbocycles. The first kappa shape index (κ1) is 25.9. The number of pyridine rings is 1. The molecule has 0 saturated heterocycles. The molecular weight excluding hydrogens is 480 g/mol. The maximum absolute atomic E-state index is 13.0. The average molecular weight is 515 g/mol. The first-order valence-electron chi connectivity index (χ1n) is 12.4. The van der Waals surface area contributed by atoms with Crippen LogP contribution in [0.3, 0.4) is 0 Å². The number of thiazole rings is 1. The zero-order valence-electron chi connectivity index (χ0n) is 21.0. The molecule has 0 bridgehead atoms. The van der Waals surface area contributed by atoms with E-state index in [1.165, 1.54) is 49.0 Å². The Hall–Kier alpha value is -3.21. The second-order valence-corrected chi connectivity index (χ2v) is 10.8. The van der Waals surface area contributed by atoms with Crippen molar-refractivity contribution in [1.29, 1.82) is 0 Å². The molecule has 0 aromatic carbocycles. The Morgan fingerprint density at radius 2 is 1.97 bits per heavy atom. The number of likely N-dealkylation sites (N-methyl/N-ethyl adjacent to an activating group) is 1. The van der Waals surface area contributed by atoms with Crippen LogP contribution >= 0.6 is 11.3 Å². The SMILES string of the molecule is CC(C)C[C@@H](C(=O)NNC(=O)c1csc(N(CC2CC2)C2CC2)n1)N(C)C(=O)OCc1cccnc1. The summed E-state index contributed by atoms with van der Waals surface area (Å²) in [6.07, 6.45) is 7.87. The van der Waals surface area contributed by atoms with Gasteiger partial charge in [-0.25, -0.2) is 9.78 Å². The molecule has 2 aliphatic carbocycles. The van der Waals surface area contributed by atoms with Gasteiger partial charge in [0.1, 0.15) is 18.3 Å². The summed E-state index contributed by atoms with van der Waals surface area (Å²) in [7, 11) is 1.51. The van der Waals surface area contributed by atoms with E-state index >= 15 is 0 Å². The van der Waals surface area contributed by atoms with E-state index in [1.54, 1.807) is 29.9 Å². The minimum atomic E-state index is -0.818. The third-order valence-corrected chi connectivity index (χ3v) is 7.12. The molecule has 3 amide bonds. The summed E-state index contributed by atoms with van der Waals surface area (Å²) in [4.78, 5) is 50.4. The van der Waals surface area contributed by atoms with Crippen molar-refractivity contribution in [3.8, 4) is 0 Å². The van der Waals surface area contributed by atoms with E-state index in [1.807, 2.05) is 13.8 Å². The summed E-state index contributed by atoms with van der Waals surface area (Å²) in [6.45, 7) is 4.96. The normalized spacial score (nSPS) is 15.8. The molecule has 2 aromatic rings. The molecule has 4 rings (SSSR count). The molecule has 1 atom stereocenters. The van der Waals surface area contributed by atoms with E-state index in [-0.39, 0.29) is 18.2 Å². The number of amides is 3. The van der Waals surface area contributed by atoms with Crippen LogP contribution in [0, 0.1) is 11.8 Å². The molecule has 0 aliphatic heterocycles. The second kappa shape index (κ2) is 11.7. The van der Waals surface area contributed by atoms with Gasteiger partial charge in [0.2, 0.25) is 0 Å². The molecule has 10 nitrogen and oxygen atoms in total. The molecule has 0 radical (unpaired) electrons. The number of hydrogen-bond donors (Lipinski definition) is 2. The van der Waals surface area contributed by atoms with Crippen molar-refractivity contribution in [2.45, 2.75) is 64.6 Å². The third-order valence-electron chi connectivity index (χ3n) is 6.25.